The lowest BCUT2D eigenvalue weighted by Crippen LogP contribution is -2.07. The molecule has 0 unspecified atom stereocenters. The number of hydrogen-bond donors (Lipinski definition) is 0. The van der Waals surface area contributed by atoms with Gasteiger partial charge in [0, 0.05) is 16.4 Å². The summed E-state index contributed by atoms with van der Waals surface area (Å²) < 4.78 is 27.6. The molecule has 18 heavy (non-hydrogen) atoms. The molecule has 1 aromatic carbocycles. The smallest absolute Gasteiger partial charge is 0.339 e. The zero-order valence-electron chi connectivity index (χ0n) is 10.8. The summed E-state index contributed by atoms with van der Waals surface area (Å²) >= 11 is 1.49. The van der Waals surface area contributed by atoms with E-state index in [2.05, 4.69) is 4.74 Å². The Balaban J connectivity index is 3.34. The number of ether oxygens (including phenoxy) is 1. The van der Waals surface area contributed by atoms with Crippen LogP contribution in [0.2, 0.25) is 0 Å². The second kappa shape index (κ2) is 5.75. The number of carbonyl (C=O) groups is 1. The summed E-state index contributed by atoms with van der Waals surface area (Å²) in [6.45, 7) is 3.99. The highest BCUT2D eigenvalue weighted by Gasteiger charge is 2.17. The fourth-order valence-corrected chi connectivity index (χ4v) is 2.94. The zero-order chi connectivity index (χ0) is 13.9. The molecule has 0 N–H and O–H groups in total. The summed E-state index contributed by atoms with van der Waals surface area (Å²) in [4.78, 5) is 12.5. The summed E-state index contributed by atoms with van der Waals surface area (Å²) in [5.74, 6) is -0.524. The van der Waals surface area contributed by atoms with E-state index >= 15 is 0 Å². The first-order valence-electron chi connectivity index (χ1n) is 5.34. The number of methoxy groups -OCH3 is 1. The van der Waals surface area contributed by atoms with Gasteiger partial charge < -0.3 is 4.74 Å². The third-order valence-electron chi connectivity index (χ3n) is 2.15. The normalized spacial score (nSPS) is 11.6. The number of esters is 1. The third-order valence-corrected chi connectivity index (χ3v) is 4.34. The van der Waals surface area contributed by atoms with Crippen molar-refractivity contribution >= 4 is 27.6 Å². The summed E-state index contributed by atoms with van der Waals surface area (Å²) in [7, 11) is -2.05. The fourth-order valence-electron chi connectivity index (χ4n) is 1.37. The van der Waals surface area contributed by atoms with Crippen LogP contribution >= 0.6 is 11.8 Å². The molecule has 0 radical (unpaired) electrons. The number of thioether (sulfide) groups is 1. The summed E-state index contributed by atoms with van der Waals surface area (Å²) in [6.07, 6.45) is 1.11. The molecule has 100 valence electrons. The minimum Gasteiger partial charge on any atom is -0.465 e. The summed E-state index contributed by atoms with van der Waals surface area (Å²) in [6, 6.07) is 4.52. The molecule has 0 saturated carbocycles. The predicted molar refractivity (Wildman–Crippen MR) is 71.9 cm³/mol. The minimum atomic E-state index is -3.33. The van der Waals surface area contributed by atoms with E-state index in [1.807, 2.05) is 13.8 Å². The van der Waals surface area contributed by atoms with Crippen molar-refractivity contribution in [3.63, 3.8) is 0 Å². The van der Waals surface area contributed by atoms with Crippen molar-refractivity contribution in [3.8, 4) is 0 Å². The Labute approximate surface area is 112 Å². The lowest BCUT2D eigenvalue weighted by atomic mass is 10.2. The first-order chi connectivity index (χ1) is 8.25. The molecule has 0 aliphatic rings. The van der Waals surface area contributed by atoms with Gasteiger partial charge >= 0.3 is 5.97 Å². The molecule has 4 nitrogen and oxygen atoms in total. The molecule has 0 saturated heterocycles. The highest BCUT2D eigenvalue weighted by Crippen LogP contribution is 2.29. The van der Waals surface area contributed by atoms with Crippen molar-refractivity contribution in [1.29, 1.82) is 0 Å². The van der Waals surface area contributed by atoms with Crippen molar-refractivity contribution in [2.75, 3.05) is 13.4 Å². The molecule has 0 amide bonds. The molecule has 0 spiro atoms. The average molecular weight is 288 g/mol. The predicted octanol–water partition coefficient (Wildman–Crippen LogP) is 2.38. The number of rotatable bonds is 4. The van der Waals surface area contributed by atoms with Gasteiger partial charge in [-0.2, -0.15) is 0 Å². The molecule has 0 aliphatic heterocycles. The molecule has 0 bridgehead atoms. The first kappa shape index (κ1) is 15.0. The minimum absolute atomic E-state index is 0.121. The lowest BCUT2D eigenvalue weighted by Gasteiger charge is -2.11. The maximum absolute atomic E-state index is 11.7. The van der Waals surface area contributed by atoms with Gasteiger partial charge in [-0.25, -0.2) is 13.2 Å². The zero-order valence-corrected chi connectivity index (χ0v) is 12.4. The maximum atomic E-state index is 11.7. The monoisotopic (exact) mass is 288 g/mol. The van der Waals surface area contributed by atoms with Gasteiger partial charge in [-0.3, -0.25) is 0 Å². The van der Waals surface area contributed by atoms with Crippen molar-refractivity contribution < 1.29 is 17.9 Å². The van der Waals surface area contributed by atoms with Crippen molar-refractivity contribution in [2.24, 2.45) is 0 Å². The van der Waals surface area contributed by atoms with Crippen LogP contribution in [-0.2, 0) is 14.6 Å². The van der Waals surface area contributed by atoms with Gasteiger partial charge in [0.25, 0.3) is 0 Å². The van der Waals surface area contributed by atoms with E-state index in [0.29, 0.717) is 5.56 Å². The number of sulfone groups is 1. The molecule has 0 aliphatic carbocycles. The standard InChI is InChI=1S/C12H16O4S2/c1-8(2)17-11-6-5-9(18(4,14)15)7-10(11)12(13)16-3/h5-8H,1-4H3. The van der Waals surface area contributed by atoms with Crippen LogP contribution in [0.4, 0.5) is 0 Å². The quantitative estimate of drug-likeness (QED) is 0.629. The molecular formula is C12H16O4S2. The molecule has 0 aromatic heterocycles. The van der Waals surface area contributed by atoms with E-state index < -0.39 is 15.8 Å². The van der Waals surface area contributed by atoms with Gasteiger partial charge in [-0.15, -0.1) is 11.8 Å². The van der Waals surface area contributed by atoms with Crippen LogP contribution in [0.3, 0.4) is 0 Å². The Kier molecular flexibility index (Phi) is 4.81. The Morgan fingerprint density at radius 1 is 1.33 bits per heavy atom. The fraction of sp³-hybridized carbons (Fsp3) is 0.417. The van der Waals surface area contributed by atoms with Gasteiger partial charge in [0.2, 0.25) is 0 Å². The Morgan fingerprint density at radius 2 is 1.94 bits per heavy atom. The SMILES string of the molecule is COC(=O)c1cc(S(C)(=O)=O)ccc1SC(C)C. The van der Waals surface area contributed by atoms with E-state index in [9.17, 15) is 13.2 Å². The molecular weight excluding hydrogens is 272 g/mol. The van der Waals surface area contributed by atoms with Crippen LogP contribution in [-0.4, -0.2) is 33.0 Å². The second-order valence-corrected chi connectivity index (χ2v) is 7.72. The van der Waals surface area contributed by atoms with Crippen molar-refractivity contribution in [3.05, 3.63) is 23.8 Å². The molecule has 1 rings (SSSR count). The van der Waals surface area contributed by atoms with Gasteiger partial charge in [-0.05, 0) is 18.2 Å². The van der Waals surface area contributed by atoms with Crippen molar-refractivity contribution in [2.45, 2.75) is 28.9 Å². The lowest BCUT2D eigenvalue weighted by molar-refractivity contribution is 0.0596. The van der Waals surface area contributed by atoms with Crippen LogP contribution in [0.1, 0.15) is 24.2 Å². The molecule has 1 aromatic rings. The van der Waals surface area contributed by atoms with Crippen LogP contribution in [0.25, 0.3) is 0 Å². The van der Waals surface area contributed by atoms with Crippen LogP contribution in [0.5, 0.6) is 0 Å². The van der Waals surface area contributed by atoms with E-state index in [4.69, 9.17) is 0 Å². The second-order valence-electron chi connectivity index (χ2n) is 4.09. The van der Waals surface area contributed by atoms with Gasteiger partial charge in [-0.1, -0.05) is 13.8 Å². The van der Waals surface area contributed by atoms with Gasteiger partial charge in [0.05, 0.1) is 17.6 Å². The van der Waals surface area contributed by atoms with Crippen LogP contribution in [0.15, 0.2) is 28.0 Å². The van der Waals surface area contributed by atoms with E-state index in [1.54, 1.807) is 6.07 Å². The Morgan fingerprint density at radius 3 is 2.39 bits per heavy atom. The third kappa shape index (κ3) is 3.74. The van der Waals surface area contributed by atoms with Crippen molar-refractivity contribution in [1.82, 2.24) is 0 Å². The first-order valence-corrected chi connectivity index (χ1v) is 8.12. The van der Waals surface area contributed by atoms with Crippen LogP contribution in [0, 0.1) is 0 Å². The molecule has 0 heterocycles. The average Bonchev–Trinajstić information content (AvgIpc) is 2.26. The summed E-state index contributed by atoms with van der Waals surface area (Å²) in [5, 5.41) is 0.289. The molecule has 0 fully saturated rings. The van der Waals surface area contributed by atoms with E-state index in [1.165, 1.54) is 31.0 Å². The Hall–Kier alpha value is -1.01. The maximum Gasteiger partial charge on any atom is 0.339 e. The highest BCUT2D eigenvalue weighted by atomic mass is 32.2. The molecule has 6 heteroatoms. The largest absolute Gasteiger partial charge is 0.465 e. The Bertz CT molecular complexity index is 547. The molecule has 0 atom stereocenters. The topological polar surface area (TPSA) is 60.4 Å². The summed E-state index contributed by atoms with van der Waals surface area (Å²) in [5.41, 5.74) is 0.291. The number of carbonyl (C=O) groups excluding carboxylic acids is 1. The van der Waals surface area contributed by atoms with E-state index in [0.717, 1.165) is 11.2 Å². The van der Waals surface area contributed by atoms with E-state index in [-0.39, 0.29) is 10.1 Å². The van der Waals surface area contributed by atoms with Gasteiger partial charge in [0.15, 0.2) is 9.84 Å². The van der Waals surface area contributed by atoms with Crippen LogP contribution < -0.4 is 0 Å². The number of benzene rings is 1. The van der Waals surface area contributed by atoms with Gasteiger partial charge in [0.1, 0.15) is 0 Å². The number of hydrogen-bond acceptors (Lipinski definition) is 5. The highest BCUT2D eigenvalue weighted by molar-refractivity contribution is 8.00.